The van der Waals surface area contributed by atoms with Gasteiger partial charge in [0.05, 0.1) is 13.0 Å². The molecule has 0 radical (unpaired) electrons. The Kier molecular flexibility index (Phi) is 11.8. The molecule has 0 fully saturated rings. The fourth-order valence-corrected chi connectivity index (χ4v) is 3.25. The predicted octanol–water partition coefficient (Wildman–Crippen LogP) is 1.21. The highest BCUT2D eigenvalue weighted by atomic mass is 16.6. The Labute approximate surface area is 206 Å². The summed E-state index contributed by atoms with van der Waals surface area (Å²) in [6, 6.07) is 3.91. The van der Waals surface area contributed by atoms with Crippen molar-refractivity contribution < 1.29 is 29.0 Å². The van der Waals surface area contributed by atoms with Gasteiger partial charge in [-0.25, -0.2) is 4.79 Å². The second-order valence-corrected chi connectivity index (χ2v) is 8.94. The maximum Gasteiger partial charge on any atom is 0.408 e. The highest BCUT2D eigenvalue weighted by Gasteiger charge is 2.36. The monoisotopic (exact) mass is 488 g/mol. The molecule has 2 unspecified atom stereocenters. The standard InChI is InChI=1S/C25H36N4O6/c1-6-8-13-27-22(32)21(18-11-9-17(7-2)10-12-18)29(14-15-30)23(33)19(16-20(26)31)28-24(34)35-25(3,4)5/h2,9-12,19,21,30H,6,8,13-16H2,1,3-5H3,(H2,26,31)(H,27,32)(H,28,34). The van der Waals surface area contributed by atoms with Crippen LogP contribution in [0.5, 0.6) is 0 Å². The Morgan fingerprint density at radius 3 is 2.31 bits per heavy atom. The van der Waals surface area contributed by atoms with E-state index < -0.39 is 54.5 Å². The van der Waals surface area contributed by atoms with Gasteiger partial charge in [0.1, 0.15) is 17.7 Å². The number of nitrogens with one attached hydrogen (secondary N) is 2. The van der Waals surface area contributed by atoms with Crippen LogP contribution in [-0.2, 0) is 19.1 Å². The van der Waals surface area contributed by atoms with E-state index in [9.17, 15) is 24.3 Å². The Morgan fingerprint density at radius 1 is 1.20 bits per heavy atom. The number of ether oxygens (including phenoxy) is 1. The second kappa shape index (κ2) is 14.0. The fraction of sp³-hybridized carbons (Fsp3) is 0.520. The van der Waals surface area contributed by atoms with Crippen molar-refractivity contribution in [2.24, 2.45) is 5.73 Å². The molecule has 10 heteroatoms. The first-order valence-corrected chi connectivity index (χ1v) is 11.5. The van der Waals surface area contributed by atoms with Crippen molar-refractivity contribution in [2.45, 2.75) is 64.6 Å². The zero-order chi connectivity index (χ0) is 26.6. The molecule has 35 heavy (non-hydrogen) atoms. The summed E-state index contributed by atoms with van der Waals surface area (Å²) in [5, 5.41) is 14.9. The SMILES string of the molecule is C#Cc1ccc(C(C(=O)NCCCC)N(CCO)C(=O)C(CC(N)=O)NC(=O)OC(C)(C)C)cc1. The zero-order valence-corrected chi connectivity index (χ0v) is 20.8. The summed E-state index contributed by atoms with van der Waals surface area (Å²) in [7, 11) is 0. The molecule has 0 heterocycles. The molecule has 0 aliphatic heterocycles. The van der Waals surface area contributed by atoms with Crippen LogP contribution < -0.4 is 16.4 Å². The van der Waals surface area contributed by atoms with Crippen LogP contribution in [0.3, 0.4) is 0 Å². The molecule has 10 nitrogen and oxygen atoms in total. The Hall–Kier alpha value is -3.58. The number of rotatable bonds is 12. The number of primary amides is 1. The van der Waals surface area contributed by atoms with Crippen LogP contribution in [0.2, 0.25) is 0 Å². The van der Waals surface area contributed by atoms with Crippen LogP contribution in [0, 0.1) is 12.3 Å². The van der Waals surface area contributed by atoms with Crippen molar-refractivity contribution in [3.8, 4) is 12.3 Å². The van der Waals surface area contributed by atoms with Gasteiger partial charge in [-0.3, -0.25) is 14.4 Å². The lowest BCUT2D eigenvalue weighted by Crippen LogP contribution is -2.54. The van der Waals surface area contributed by atoms with Crippen molar-refractivity contribution in [1.82, 2.24) is 15.5 Å². The number of aliphatic hydroxyl groups is 1. The fourth-order valence-electron chi connectivity index (χ4n) is 3.25. The molecular formula is C25H36N4O6. The molecule has 0 saturated heterocycles. The number of nitrogens with two attached hydrogens (primary N) is 1. The van der Waals surface area contributed by atoms with Gasteiger partial charge in [0.2, 0.25) is 17.7 Å². The van der Waals surface area contributed by atoms with Crippen molar-refractivity contribution >= 4 is 23.8 Å². The average Bonchev–Trinajstić information content (AvgIpc) is 2.77. The average molecular weight is 489 g/mol. The minimum atomic E-state index is -1.41. The lowest BCUT2D eigenvalue weighted by Gasteiger charge is -2.34. The van der Waals surface area contributed by atoms with E-state index in [2.05, 4.69) is 16.6 Å². The number of hydrogen-bond acceptors (Lipinski definition) is 6. The highest BCUT2D eigenvalue weighted by molar-refractivity contribution is 5.94. The van der Waals surface area contributed by atoms with Crippen LogP contribution in [0.15, 0.2) is 24.3 Å². The molecule has 0 saturated carbocycles. The molecule has 0 bridgehead atoms. The lowest BCUT2D eigenvalue weighted by molar-refractivity contribution is -0.143. The Morgan fingerprint density at radius 2 is 1.83 bits per heavy atom. The molecule has 0 spiro atoms. The molecule has 192 valence electrons. The van der Waals surface area contributed by atoms with Crippen LogP contribution in [0.25, 0.3) is 0 Å². The van der Waals surface area contributed by atoms with Gasteiger partial charge in [-0.1, -0.05) is 31.4 Å². The number of hydrogen-bond donors (Lipinski definition) is 4. The van der Waals surface area contributed by atoms with Crippen molar-refractivity contribution in [1.29, 1.82) is 0 Å². The summed E-state index contributed by atoms with van der Waals surface area (Å²) >= 11 is 0. The van der Waals surface area contributed by atoms with E-state index in [-0.39, 0.29) is 6.54 Å². The predicted molar refractivity (Wildman–Crippen MR) is 131 cm³/mol. The van der Waals surface area contributed by atoms with E-state index in [0.717, 1.165) is 17.7 Å². The number of terminal acetylenes is 1. The van der Waals surface area contributed by atoms with Gasteiger partial charge in [-0.2, -0.15) is 0 Å². The number of carbonyl (C=O) groups is 4. The van der Waals surface area contributed by atoms with Crippen LogP contribution in [0.4, 0.5) is 4.79 Å². The first kappa shape index (κ1) is 29.5. The summed E-state index contributed by atoms with van der Waals surface area (Å²) in [6.07, 6.45) is 5.55. The number of unbranched alkanes of at least 4 members (excludes halogenated alkanes) is 1. The molecule has 1 aromatic rings. The normalized spacial score (nSPS) is 12.6. The van der Waals surface area contributed by atoms with E-state index in [1.807, 2.05) is 6.92 Å². The summed E-state index contributed by atoms with van der Waals surface area (Å²) in [4.78, 5) is 51.9. The van der Waals surface area contributed by atoms with Crippen molar-refractivity contribution in [3.63, 3.8) is 0 Å². The molecule has 1 rings (SSSR count). The smallest absolute Gasteiger partial charge is 0.408 e. The van der Waals surface area contributed by atoms with E-state index in [1.54, 1.807) is 45.0 Å². The summed E-state index contributed by atoms with van der Waals surface area (Å²) in [5.74, 6) is 0.385. The van der Waals surface area contributed by atoms with E-state index in [0.29, 0.717) is 17.7 Å². The first-order valence-electron chi connectivity index (χ1n) is 11.5. The Bertz CT molecular complexity index is 917. The van der Waals surface area contributed by atoms with Crippen LogP contribution in [0.1, 0.15) is 64.1 Å². The largest absolute Gasteiger partial charge is 0.444 e. The summed E-state index contributed by atoms with van der Waals surface area (Å²) < 4.78 is 5.20. The number of benzene rings is 1. The molecule has 5 N–H and O–H groups in total. The van der Waals surface area contributed by atoms with Crippen LogP contribution >= 0.6 is 0 Å². The minimum absolute atomic E-state index is 0.243. The van der Waals surface area contributed by atoms with Gasteiger partial charge >= 0.3 is 6.09 Å². The minimum Gasteiger partial charge on any atom is -0.444 e. The molecular weight excluding hydrogens is 452 g/mol. The van der Waals surface area contributed by atoms with E-state index in [1.165, 1.54) is 0 Å². The topological polar surface area (TPSA) is 151 Å². The molecule has 2 atom stereocenters. The number of alkyl carbamates (subject to hydrolysis) is 1. The number of nitrogens with zero attached hydrogens (tertiary/aromatic N) is 1. The maximum atomic E-state index is 13.6. The van der Waals surface area contributed by atoms with Gasteiger partial charge in [0, 0.05) is 18.7 Å². The number of amides is 4. The Balaban J connectivity index is 3.40. The van der Waals surface area contributed by atoms with Crippen LogP contribution in [-0.4, -0.2) is 65.2 Å². The third-order valence-corrected chi connectivity index (χ3v) is 4.80. The number of carbonyl (C=O) groups excluding carboxylic acids is 4. The van der Waals surface area contributed by atoms with E-state index in [4.69, 9.17) is 16.9 Å². The maximum absolute atomic E-state index is 13.6. The summed E-state index contributed by atoms with van der Waals surface area (Å²) in [6.45, 7) is 6.58. The summed E-state index contributed by atoms with van der Waals surface area (Å²) in [5.41, 5.74) is 5.49. The second-order valence-electron chi connectivity index (χ2n) is 8.94. The third-order valence-electron chi connectivity index (χ3n) is 4.80. The third kappa shape index (κ3) is 10.1. The van der Waals surface area contributed by atoms with Gasteiger partial charge in [-0.15, -0.1) is 6.42 Å². The van der Waals surface area contributed by atoms with Gasteiger partial charge in [0.25, 0.3) is 0 Å². The number of aliphatic hydroxyl groups excluding tert-OH is 1. The lowest BCUT2D eigenvalue weighted by atomic mass is 10.0. The molecule has 0 aliphatic rings. The molecule has 4 amide bonds. The van der Waals surface area contributed by atoms with Gasteiger partial charge < -0.3 is 31.1 Å². The molecule has 0 aromatic heterocycles. The zero-order valence-electron chi connectivity index (χ0n) is 20.8. The van der Waals surface area contributed by atoms with Gasteiger partial charge in [-0.05, 0) is 44.9 Å². The quantitative estimate of drug-likeness (QED) is 0.256. The van der Waals surface area contributed by atoms with Crippen molar-refractivity contribution in [3.05, 3.63) is 35.4 Å². The van der Waals surface area contributed by atoms with E-state index >= 15 is 0 Å². The first-order chi connectivity index (χ1) is 16.4. The van der Waals surface area contributed by atoms with Crippen molar-refractivity contribution in [2.75, 3.05) is 19.7 Å². The molecule has 0 aliphatic carbocycles. The highest BCUT2D eigenvalue weighted by Crippen LogP contribution is 2.23. The van der Waals surface area contributed by atoms with Gasteiger partial charge in [0.15, 0.2) is 0 Å². The molecule has 1 aromatic carbocycles.